The Labute approximate surface area is 225 Å². The predicted molar refractivity (Wildman–Crippen MR) is 144 cm³/mol. The van der Waals surface area contributed by atoms with Crippen LogP contribution in [0.15, 0.2) is 68.2 Å². The molecule has 1 aliphatic heterocycles. The quantitative estimate of drug-likeness (QED) is 0.296. The molecule has 1 aliphatic rings. The predicted octanol–water partition coefficient (Wildman–Crippen LogP) is 5.24. The van der Waals surface area contributed by atoms with Crippen LogP contribution in [0.1, 0.15) is 23.1 Å². The molecule has 4 aromatic rings. The second kappa shape index (κ2) is 9.85. The molecule has 3 heterocycles. The highest BCUT2D eigenvalue weighted by Crippen LogP contribution is 2.46. The lowest BCUT2D eigenvalue weighted by Gasteiger charge is -2.12. The first-order chi connectivity index (χ1) is 17.2. The number of aromatic nitrogens is 2. The molecule has 4 nitrogen and oxygen atoms in total. The number of hydrogen-bond acceptors (Lipinski definition) is 5. The Morgan fingerprint density at radius 3 is 2.69 bits per heavy atom. The molecule has 0 spiro atoms. The average Bonchev–Trinajstić information content (AvgIpc) is 3.49. The van der Waals surface area contributed by atoms with Crippen LogP contribution in [0, 0.1) is 0 Å². The number of alkyl halides is 3. The SMILES string of the molecule is CCn1c(=O)/c(=C2\Sc3cc(Br)ccc3N2C)s/c1=C\c1scc[n+]1Cc1ccccc1C(F)(F)F. The third-order valence-corrected chi connectivity index (χ3v) is 9.65. The fourth-order valence-corrected chi connectivity index (χ4v) is 7.95. The van der Waals surface area contributed by atoms with Crippen molar-refractivity contribution in [1.29, 1.82) is 0 Å². The first-order valence-electron chi connectivity index (χ1n) is 11.0. The van der Waals surface area contributed by atoms with E-state index in [1.165, 1.54) is 34.8 Å². The van der Waals surface area contributed by atoms with Crippen LogP contribution in [-0.2, 0) is 19.3 Å². The van der Waals surface area contributed by atoms with Gasteiger partial charge in [-0.3, -0.25) is 9.36 Å². The van der Waals surface area contributed by atoms with Gasteiger partial charge in [0.15, 0.2) is 12.7 Å². The molecule has 0 N–H and O–H groups in total. The van der Waals surface area contributed by atoms with E-state index in [0.29, 0.717) is 11.1 Å². The maximum atomic E-state index is 13.5. The lowest BCUT2D eigenvalue weighted by Crippen LogP contribution is -2.37. The van der Waals surface area contributed by atoms with Crippen molar-refractivity contribution in [3.05, 3.63) is 94.2 Å². The largest absolute Gasteiger partial charge is 0.416 e. The molecule has 2 aromatic carbocycles. The van der Waals surface area contributed by atoms with Gasteiger partial charge in [0.05, 0.1) is 22.7 Å². The normalized spacial score (nSPS) is 15.6. The number of nitrogens with zero attached hydrogens (tertiary/aromatic N) is 3. The number of thiazole rings is 2. The second-order valence-corrected chi connectivity index (χ2v) is 12.0. The number of thioether (sulfide) groups is 1. The van der Waals surface area contributed by atoms with Gasteiger partial charge in [0.1, 0.15) is 14.2 Å². The van der Waals surface area contributed by atoms with Crippen molar-refractivity contribution >= 4 is 67.2 Å². The van der Waals surface area contributed by atoms with Gasteiger partial charge < -0.3 is 4.90 Å². The minimum atomic E-state index is -4.42. The van der Waals surface area contributed by atoms with Crippen LogP contribution in [-0.4, -0.2) is 11.6 Å². The second-order valence-electron chi connectivity index (χ2n) is 8.07. The van der Waals surface area contributed by atoms with Crippen molar-refractivity contribution in [2.24, 2.45) is 0 Å². The third kappa shape index (κ3) is 4.69. The van der Waals surface area contributed by atoms with Gasteiger partial charge in [0.2, 0.25) is 0 Å². The van der Waals surface area contributed by atoms with Gasteiger partial charge in [-0.2, -0.15) is 17.7 Å². The molecule has 0 atom stereocenters. The summed E-state index contributed by atoms with van der Waals surface area (Å²) in [6.07, 6.45) is -0.752. The summed E-state index contributed by atoms with van der Waals surface area (Å²) < 4.78 is 46.4. The number of fused-ring (bicyclic) bond motifs is 1. The standard InChI is InChI=1S/C25H20BrF3N3OS3/c1-3-32-21(36-22(23(32)33)24-30(2)18-9-8-16(26)12-19(18)35-24)13-20-31(10-11-34-20)14-15-6-4-5-7-17(15)25(27,28)29/h4-13H,3,14H2,1-2H3/q+1/b24-22+. The van der Waals surface area contributed by atoms with E-state index in [1.54, 1.807) is 33.2 Å². The van der Waals surface area contributed by atoms with Crippen molar-refractivity contribution < 1.29 is 17.7 Å². The summed E-state index contributed by atoms with van der Waals surface area (Å²) in [6.45, 7) is 2.49. The van der Waals surface area contributed by atoms with E-state index in [-0.39, 0.29) is 17.7 Å². The van der Waals surface area contributed by atoms with Crippen molar-refractivity contribution in [2.75, 3.05) is 11.9 Å². The molecule has 0 amide bonds. The molecule has 0 saturated carbocycles. The zero-order chi connectivity index (χ0) is 25.6. The molecular formula is C25H20BrF3N3OS3+. The Morgan fingerprint density at radius 1 is 1.17 bits per heavy atom. The smallest absolute Gasteiger partial charge is 0.337 e. The molecule has 0 aliphatic carbocycles. The Morgan fingerprint density at radius 2 is 1.94 bits per heavy atom. The zero-order valence-corrected chi connectivity index (χ0v) is 23.2. The lowest BCUT2D eigenvalue weighted by atomic mass is 10.1. The van der Waals surface area contributed by atoms with Gasteiger partial charge in [-0.25, -0.2) is 0 Å². The van der Waals surface area contributed by atoms with Gasteiger partial charge in [0.25, 0.3) is 10.6 Å². The lowest BCUT2D eigenvalue weighted by molar-refractivity contribution is -0.685. The molecule has 0 radical (unpaired) electrons. The molecule has 11 heteroatoms. The summed E-state index contributed by atoms with van der Waals surface area (Å²) in [5, 5.41) is 3.49. The van der Waals surface area contributed by atoms with Crippen LogP contribution in [0.2, 0.25) is 0 Å². The Balaban J connectivity index is 1.59. The molecule has 2 aromatic heterocycles. The third-order valence-electron chi connectivity index (χ3n) is 5.84. The number of anilines is 1. The van der Waals surface area contributed by atoms with E-state index in [1.807, 2.05) is 48.5 Å². The van der Waals surface area contributed by atoms with Gasteiger partial charge in [0, 0.05) is 28.5 Å². The number of halogens is 4. The number of benzene rings is 2. The highest BCUT2D eigenvalue weighted by molar-refractivity contribution is 9.10. The maximum absolute atomic E-state index is 13.5. The number of rotatable bonds is 4. The van der Waals surface area contributed by atoms with E-state index in [9.17, 15) is 18.0 Å². The van der Waals surface area contributed by atoms with Crippen molar-refractivity contribution in [2.45, 2.75) is 31.1 Å². The van der Waals surface area contributed by atoms with Gasteiger partial charge in [-0.05, 0) is 31.2 Å². The molecule has 36 heavy (non-hydrogen) atoms. The average molecular weight is 612 g/mol. The summed E-state index contributed by atoms with van der Waals surface area (Å²) in [5.74, 6) is 0. The number of hydrogen-bond donors (Lipinski definition) is 0. The highest BCUT2D eigenvalue weighted by atomic mass is 79.9. The fourth-order valence-electron chi connectivity index (χ4n) is 4.08. The van der Waals surface area contributed by atoms with Crippen molar-refractivity contribution in [1.82, 2.24) is 4.57 Å². The summed E-state index contributed by atoms with van der Waals surface area (Å²) >= 11 is 7.90. The van der Waals surface area contributed by atoms with Gasteiger partial charge in [-0.15, -0.1) is 11.3 Å². The zero-order valence-electron chi connectivity index (χ0n) is 19.2. The van der Waals surface area contributed by atoms with Crippen LogP contribution in [0.4, 0.5) is 18.9 Å². The summed E-state index contributed by atoms with van der Waals surface area (Å²) in [7, 11) is 1.95. The molecule has 186 valence electrons. The fraction of sp³-hybridized carbons (Fsp3) is 0.200. The summed E-state index contributed by atoms with van der Waals surface area (Å²) in [6, 6.07) is 11.7. The highest BCUT2D eigenvalue weighted by Gasteiger charge is 2.34. The van der Waals surface area contributed by atoms with Gasteiger partial charge in [-0.1, -0.05) is 57.2 Å². The van der Waals surface area contributed by atoms with E-state index in [0.717, 1.165) is 35.8 Å². The Hall–Kier alpha value is -2.34. The summed E-state index contributed by atoms with van der Waals surface area (Å²) in [4.78, 5) is 16.5. The van der Waals surface area contributed by atoms with Gasteiger partial charge >= 0.3 is 6.18 Å². The van der Waals surface area contributed by atoms with E-state index in [4.69, 9.17) is 0 Å². The van der Waals surface area contributed by atoms with E-state index in [2.05, 4.69) is 15.9 Å². The van der Waals surface area contributed by atoms with Crippen LogP contribution in [0.5, 0.6) is 0 Å². The van der Waals surface area contributed by atoms with Crippen molar-refractivity contribution in [3.63, 3.8) is 0 Å². The minimum absolute atomic E-state index is 0.0690. The minimum Gasteiger partial charge on any atom is -0.337 e. The van der Waals surface area contributed by atoms with Crippen LogP contribution in [0.3, 0.4) is 0 Å². The monoisotopic (exact) mass is 610 g/mol. The topological polar surface area (TPSA) is 29.1 Å². The first kappa shape index (κ1) is 25.3. The van der Waals surface area contributed by atoms with Crippen LogP contribution in [0.25, 0.3) is 11.1 Å². The van der Waals surface area contributed by atoms with E-state index < -0.39 is 11.7 Å². The summed E-state index contributed by atoms with van der Waals surface area (Å²) in [5.41, 5.74) is 0.535. The first-order valence-corrected chi connectivity index (χ1v) is 14.3. The molecular weight excluding hydrogens is 591 g/mol. The molecule has 5 rings (SSSR count). The molecule has 0 unspecified atom stereocenters. The Bertz CT molecular complexity index is 1640. The van der Waals surface area contributed by atoms with E-state index >= 15 is 0 Å². The molecule has 0 fully saturated rings. The Kier molecular flexibility index (Phi) is 6.92. The maximum Gasteiger partial charge on any atom is 0.416 e. The van der Waals surface area contributed by atoms with Crippen molar-refractivity contribution in [3.8, 4) is 0 Å². The van der Waals surface area contributed by atoms with Crippen LogP contribution < -0.4 is 24.2 Å². The molecule has 0 saturated heterocycles. The van der Waals surface area contributed by atoms with Crippen LogP contribution >= 0.6 is 50.4 Å². The molecule has 0 bridgehead atoms.